The molecule has 3 N–H and O–H groups in total. The molecule has 6 heteroatoms. The van der Waals surface area contributed by atoms with E-state index >= 15 is 0 Å². The van der Waals surface area contributed by atoms with Crippen LogP contribution in [0.3, 0.4) is 0 Å². The van der Waals surface area contributed by atoms with Gasteiger partial charge in [-0.3, -0.25) is 5.41 Å². The van der Waals surface area contributed by atoms with Crippen molar-refractivity contribution < 1.29 is 0 Å². The number of aryl methyl sites for hydroxylation is 1. The van der Waals surface area contributed by atoms with E-state index in [-0.39, 0.29) is 5.17 Å². The number of nitrogens with two attached hydrogens (primary N) is 1. The predicted molar refractivity (Wildman–Crippen MR) is 56.3 cm³/mol. The minimum absolute atomic E-state index is 0.0464. The first-order valence-corrected chi connectivity index (χ1v) is 5.57. The number of hydrogen-bond donors (Lipinski definition) is 2. The first-order valence-electron chi connectivity index (χ1n) is 3.53. The topological polar surface area (TPSA) is 75.7 Å². The van der Waals surface area contributed by atoms with Crippen molar-refractivity contribution in [2.75, 3.05) is 6.26 Å². The van der Waals surface area contributed by atoms with E-state index in [1.54, 1.807) is 0 Å². The summed E-state index contributed by atoms with van der Waals surface area (Å²) in [7, 11) is 0. The van der Waals surface area contributed by atoms with E-state index in [0.717, 1.165) is 22.5 Å². The van der Waals surface area contributed by atoms with E-state index in [9.17, 15) is 0 Å². The summed E-state index contributed by atoms with van der Waals surface area (Å²) >= 11 is 2.62. The van der Waals surface area contributed by atoms with Gasteiger partial charge in [0.2, 0.25) is 0 Å². The van der Waals surface area contributed by atoms with Gasteiger partial charge in [0.25, 0.3) is 0 Å². The summed E-state index contributed by atoms with van der Waals surface area (Å²) in [6.07, 6.45) is 1.91. The number of thioether (sulfide) groups is 2. The zero-order chi connectivity index (χ0) is 9.84. The van der Waals surface area contributed by atoms with Crippen LogP contribution in [0.15, 0.2) is 16.2 Å². The Balaban J connectivity index is 2.94. The normalized spacial score (nSPS) is 10.0. The van der Waals surface area contributed by atoms with Crippen LogP contribution in [0, 0.1) is 12.3 Å². The van der Waals surface area contributed by atoms with Gasteiger partial charge in [-0.2, -0.15) is 0 Å². The van der Waals surface area contributed by atoms with E-state index in [2.05, 4.69) is 9.97 Å². The summed E-state index contributed by atoms with van der Waals surface area (Å²) in [5.41, 5.74) is 6.14. The van der Waals surface area contributed by atoms with E-state index < -0.39 is 0 Å². The van der Waals surface area contributed by atoms with Gasteiger partial charge in [0.15, 0.2) is 10.3 Å². The standard InChI is InChI=1S/C7H10N4S2/c1-4-3-5(13-6(8)9)11-7(10-4)12-2/h3H,1-2H3,(H3,8,9). The van der Waals surface area contributed by atoms with Crippen LogP contribution in [0.2, 0.25) is 0 Å². The molecule has 0 bridgehead atoms. The van der Waals surface area contributed by atoms with Gasteiger partial charge in [-0.1, -0.05) is 11.8 Å². The Morgan fingerprint density at radius 3 is 2.77 bits per heavy atom. The molecule has 0 amide bonds. The van der Waals surface area contributed by atoms with Crippen LogP contribution in [-0.4, -0.2) is 21.4 Å². The number of nitrogens with zero attached hydrogens (tertiary/aromatic N) is 2. The molecule has 0 aromatic carbocycles. The van der Waals surface area contributed by atoms with Crippen molar-refractivity contribution >= 4 is 28.7 Å². The Bertz CT molecular complexity index is 326. The maximum atomic E-state index is 7.10. The Hall–Kier alpha value is -0.750. The van der Waals surface area contributed by atoms with Crippen molar-refractivity contribution in [1.82, 2.24) is 9.97 Å². The summed E-state index contributed by atoms with van der Waals surface area (Å²) < 4.78 is 0. The summed E-state index contributed by atoms with van der Waals surface area (Å²) in [5.74, 6) is 0. The van der Waals surface area contributed by atoms with Gasteiger partial charge in [-0.05, 0) is 31.0 Å². The highest BCUT2D eigenvalue weighted by atomic mass is 32.2. The van der Waals surface area contributed by atoms with Crippen LogP contribution in [0.1, 0.15) is 5.69 Å². The van der Waals surface area contributed by atoms with Crippen LogP contribution in [-0.2, 0) is 0 Å². The van der Waals surface area contributed by atoms with Crippen molar-refractivity contribution in [2.45, 2.75) is 17.1 Å². The molecular formula is C7H10N4S2. The van der Waals surface area contributed by atoms with Crippen molar-refractivity contribution in [3.8, 4) is 0 Å². The lowest BCUT2D eigenvalue weighted by molar-refractivity contribution is 0.868. The van der Waals surface area contributed by atoms with E-state index in [4.69, 9.17) is 11.1 Å². The Labute approximate surface area is 85.2 Å². The van der Waals surface area contributed by atoms with Gasteiger partial charge in [-0.25, -0.2) is 9.97 Å². The fraction of sp³-hybridized carbons (Fsp3) is 0.286. The molecule has 0 saturated heterocycles. The minimum atomic E-state index is 0.0464. The molecule has 0 radical (unpaired) electrons. The van der Waals surface area contributed by atoms with Crippen LogP contribution >= 0.6 is 23.5 Å². The smallest absolute Gasteiger partial charge is 0.188 e. The van der Waals surface area contributed by atoms with Crippen LogP contribution in [0.25, 0.3) is 0 Å². The summed E-state index contributed by atoms with van der Waals surface area (Å²) in [6, 6.07) is 1.81. The molecular weight excluding hydrogens is 204 g/mol. The molecule has 1 rings (SSSR count). The SMILES string of the molecule is CSc1nc(C)cc(SC(=N)N)n1. The first kappa shape index (κ1) is 10.3. The van der Waals surface area contributed by atoms with Crippen molar-refractivity contribution in [1.29, 1.82) is 5.41 Å². The molecule has 70 valence electrons. The minimum Gasteiger partial charge on any atom is -0.378 e. The average molecular weight is 214 g/mol. The molecule has 1 aromatic rings. The lowest BCUT2D eigenvalue weighted by Crippen LogP contribution is -2.04. The highest BCUT2D eigenvalue weighted by molar-refractivity contribution is 8.13. The molecule has 0 aliphatic heterocycles. The lowest BCUT2D eigenvalue weighted by Gasteiger charge is -2.01. The molecule has 13 heavy (non-hydrogen) atoms. The van der Waals surface area contributed by atoms with Gasteiger partial charge >= 0.3 is 0 Å². The second-order valence-corrected chi connectivity index (χ2v) is 4.14. The van der Waals surface area contributed by atoms with Gasteiger partial charge < -0.3 is 5.73 Å². The quantitative estimate of drug-likeness (QED) is 0.256. The van der Waals surface area contributed by atoms with Crippen LogP contribution in [0.5, 0.6) is 0 Å². The second-order valence-electron chi connectivity index (χ2n) is 2.30. The summed E-state index contributed by atoms with van der Waals surface area (Å²) in [4.78, 5) is 8.37. The number of amidine groups is 1. The maximum absolute atomic E-state index is 7.10. The molecule has 0 fully saturated rings. The van der Waals surface area contributed by atoms with Crippen molar-refractivity contribution in [2.24, 2.45) is 5.73 Å². The third kappa shape index (κ3) is 3.23. The molecule has 0 saturated carbocycles. The molecule has 0 unspecified atom stereocenters. The largest absolute Gasteiger partial charge is 0.378 e. The Morgan fingerprint density at radius 1 is 1.54 bits per heavy atom. The number of aromatic nitrogens is 2. The Morgan fingerprint density at radius 2 is 2.23 bits per heavy atom. The van der Waals surface area contributed by atoms with E-state index in [1.807, 2.05) is 19.2 Å². The Kier molecular flexibility index (Phi) is 3.56. The first-order chi connectivity index (χ1) is 6.11. The molecule has 4 nitrogen and oxygen atoms in total. The third-order valence-corrected chi connectivity index (χ3v) is 2.39. The van der Waals surface area contributed by atoms with E-state index in [0.29, 0.717) is 5.16 Å². The van der Waals surface area contributed by atoms with Gasteiger partial charge in [0, 0.05) is 5.69 Å². The second kappa shape index (κ2) is 4.48. The number of hydrogen-bond acceptors (Lipinski definition) is 5. The van der Waals surface area contributed by atoms with Gasteiger partial charge in [0.1, 0.15) is 5.03 Å². The van der Waals surface area contributed by atoms with Crippen LogP contribution in [0.4, 0.5) is 0 Å². The van der Waals surface area contributed by atoms with Crippen molar-refractivity contribution in [3.05, 3.63) is 11.8 Å². The molecule has 0 atom stereocenters. The lowest BCUT2D eigenvalue weighted by atomic mass is 10.5. The van der Waals surface area contributed by atoms with Gasteiger partial charge in [-0.15, -0.1) is 0 Å². The number of rotatable bonds is 2. The molecule has 0 aliphatic carbocycles. The van der Waals surface area contributed by atoms with Crippen LogP contribution < -0.4 is 5.73 Å². The van der Waals surface area contributed by atoms with Crippen molar-refractivity contribution in [3.63, 3.8) is 0 Å². The molecule has 1 heterocycles. The van der Waals surface area contributed by atoms with E-state index in [1.165, 1.54) is 11.8 Å². The number of nitrogens with one attached hydrogen (secondary N) is 1. The zero-order valence-electron chi connectivity index (χ0n) is 7.37. The monoisotopic (exact) mass is 214 g/mol. The summed E-state index contributed by atoms with van der Waals surface area (Å²) in [6.45, 7) is 1.89. The zero-order valence-corrected chi connectivity index (χ0v) is 9.00. The predicted octanol–water partition coefficient (Wildman–Crippen LogP) is 1.49. The molecule has 1 aromatic heterocycles. The highest BCUT2D eigenvalue weighted by Crippen LogP contribution is 2.18. The summed E-state index contributed by atoms with van der Waals surface area (Å²) in [5, 5.41) is 8.59. The highest BCUT2D eigenvalue weighted by Gasteiger charge is 2.02. The fourth-order valence-electron chi connectivity index (χ4n) is 0.770. The maximum Gasteiger partial charge on any atom is 0.188 e. The van der Waals surface area contributed by atoms with Gasteiger partial charge in [0.05, 0.1) is 0 Å². The average Bonchev–Trinajstić information content (AvgIpc) is 2.01. The molecule has 0 aliphatic rings. The fourth-order valence-corrected chi connectivity index (χ4v) is 1.84. The third-order valence-electron chi connectivity index (χ3n) is 1.21. The molecule has 0 spiro atoms.